The summed E-state index contributed by atoms with van der Waals surface area (Å²) in [5.41, 5.74) is 1.26. The zero-order chi connectivity index (χ0) is 13.8. The fourth-order valence-corrected chi connectivity index (χ4v) is 3.00. The van der Waals surface area contributed by atoms with Crippen LogP contribution >= 0.6 is 23.2 Å². The Morgan fingerprint density at radius 2 is 2.11 bits per heavy atom. The first-order valence-electron chi connectivity index (χ1n) is 6.89. The lowest BCUT2D eigenvalue weighted by atomic mass is 10.0. The number of halogens is 2. The van der Waals surface area contributed by atoms with Gasteiger partial charge in [0.05, 0.1) is 10.0 Å². The van der Waals surface area contributed by atoms with Crippen molar-refractivity contribution in [1.82, 2.24) is 9.80 Å². The summed E-state index contributed by atoms with van der Waals surface area (Å²) in [5.74, 6) is 0. The highest BCUT2D eigenvalue weighted by Crippen LogP contribution is 2.23. The molecule has 1 heterocycles. The van der Waals surface area contributed by atoms with Crippen LogP contribution < -0.4 is 0 Å². The molecule has 0 aliphatic carbocycles. The van der Waals surface area contributed by atoms with E-state index in [9.17, 15) is 0 Å². The van der Waals surface area contributed by atoms with Crippen LogP contribution in [0.25, 0.3) is 0 Å². The van der Waals surface area contributed by atoms with Crippen LogP contribution in [0.3, 0.4) is 0 Å². The van der Waals surface area contributed by atoms with Crippen LogP contribution in [0.4, 0.5) is 0 Å². The van der Waals surface area contributed by atoms with Gasteiger partial charge < -0.3 is 9.80 Å². The number of likely N-dealkylation sites (N-methyl/N-ethyl adjacent to an activating group) is 2. The average Bonchev–Trinajstić information content (AvgIpc) is 2.40. The van der Waals surface area contributed by atoms with Crippen molar-refractivity contribution in [3.8, 4) is 0 Å². The lowest BCUT2D eigenvalue weighted by Crippen LogP contribution is -2.45. The van der Waals surface area contributed by atoms with Crippen molar-refractivity contribution >= 4 is 23.2 Å². The van der Waals surface area contributed by atoms with Crippen LogP contribution in [0, 0.1) is 0 Å². The molecule has 4 heteroatoms. The highest BCUT2D eigenvalue weighted by atomic mass is 35.5. The molecule has 1 saturated heterocycles. The molecular formula is C15H22Cl2N2. The van der Waals surface area contributed by atoms with Gasteiger partial charge in [0.25, 0.3) is 0 Å². The molecule has 1 aromatic carbocycles. The Kier molecular flexibility index (Phi) is 5.52. The summed E-state index contributed by atoms with van der Waals surface area (Å²) in [6.45, 7) is 3.48. The molecule has 1 atom stereocenters. The SMILES string of the molecule is CN1CCC[C@H](N(C)CCc2ccc(Cl)c(Cl)c2)C1. The first-order chi connectivity index (χ1) is 9.06. The summed E-state index contributed by atoms with van der Waals surface area (Å²) >= 11 is 12.0. The second-order valence-electron chi connectivity index (χ2n) is 5.54. The highest BCUT2D eigenvalue weighted by molar-refractivity contribution is 6.42. The Morgan fingerprint density at radius 3 is 2.79 bits per heavy atom. The van der Waals surface area contributed by atoms with Gasteiger partial charge in [0.1, 0.15) is 0 Å². The van der Waals surface area contributed by atoms with E-state index in [-0.39, 0.29) is 0 Å². The van der Waals surface area contributed by atoms with Gasteiger partial charge in [-0.1, -0.05) is 29.3 Å². The summed E-state index contributed by atoms with van der Waals surface area (Å²) in [4.78, 5) is 4.89. The fraction of sp³-hybridized carbons (Fsp3) is 0.600. The van der Waals surface area contributed by atoms with Crippen LogP contribution in [0.2, 0.25) is 10.0 Å². The number of likely N-dealkylation sites (tertiary alicyclic amines) is 1. The average molecular weight is 301 g/mol. The molecule has 0 N–H and O–H groups in total. The third-order valence-corrected chi connectivity index (χ3v) is 4.70. The molecule has 0 bridgehead atoms. The van der Waals surface area contributed by atoms with E-state index in [1.165, 1.54) is 31.5 Å². The zero-order valence-electron chi connectivity index (χ0n) is 11.7. The van der Waals surface area contributed by atoms with E-state index < -0.39 is 0 Å². The van der Waals surface area contributed by atoms with Gasteiger partial charge >= 0.3 is 0 Å². The van der Waals surface area contributed by atoms with Gasteiger partial charge in [-0.3, -0.25) is 0 Å². The zero-order valence-corrected chi connectivity index (χ0v) is 13.2. The van der Waals surface area contributed by atoms with Crippen molar-refractivity contribution < 1.29 is 0 Å². The number of nitrogens with zero attached hydrogens (tertiary/aromatic N) is 2. The number of piperidine rings is 1. The summed E-state index contributed by atoms with van der Waals surface area (Å²) in [6.07, 6.45) is 3.63. The van der Waals surface area contributed by atoms with Crippen LogP contribution in [0.5, 0.6) is 0 Å². The summed E-state index contributed by atoms with van der Waals surface area (Å²) in [5, 5.41) is 1.28. The van der Waals surface area contributed by atoms with E-state index in [0.29, 0.717) is 16.1 Å². The minimum absolute atomic E-state index is 0.632. The van der Waals surface area contributed by atoms with Crippen LogP contribution in [-0.2, 0) is 6.42 Å². The van der Waals surface area contributed by atoms with Crippen molar-refractivity contribution in [3.05, 3.63) is 33.8 Å². The van der Waals surface area contributed by atoms with E-state index in [4.69, 9.17) is 23.2 Å². The number of hydrogen-bond acceptors (Lipinski definition) is 2. The Bertz CT molecular complexity index is 423. The Labute approximate surface area is 126 Å². The minimum Gasteiger partial charge on any atom is -0.305 e. The van der Waals surface area contributed by atoms with Gasteiger partial charge in [0.2, 0.25) is 0 Å². The van der Waals surface area contributed by atoms with Crippen molar-refractivity contribution in [2.75, 3.05) is 33.7 Å². The first kappa shape index (κ1) is 15.1. The predicted octanol–water partition coefficient (Wildman–Crippen LogP) is 3.56. The second kappa shape index (κ2) is 6.94. The summed E-state index contributed by atoms with van der Waals surface area (Å²) in [6, 6.07) is 6.61. The summed E-state index contributed by atoms with van der Waals surface area (Å²) < 4.78 is 0. The van der Waals surface area contributed by atoms with Crippen molar-refractivity contribution in [2.24, 2.45) is 0 Å². The molecule has 19 heavy (non-hydrogen) atoms. The Hall–Kier alpha value is -0.280. The van der Waals surface area contributed by atoms with Gasteiger partial charge in [-0.05, 0) is 57.6 Å². The maximum atomic E-state index is 6.04. The van der Waals surface area contributed by atoms with E-state index in [1.807, 2.05) is 12.1 Å². The number of rotatable bonds is 4. The molecule has 1 aromatic rings. The van der Waals surface area contributed by atoms with E-state index in [2.05, 4.69) is 30.0 Å². The molecule has 0 aromatic heterocycles. The molecule has 2 rings (SSSR count). The molecule has 0 spiro atoms. The Morgan fingerprint density at radius 1 is 1.32 bits per heavy atom. The fourth-order valence-electron chi connectivity index (χ4n) is 2.68. The minimum atomic E-state index is 0.632. The first-order valence-corrected chi connectivity index (χ1v) is 7.64. The van der Waals surface area contributed by atoms with Crippen LogP contribution in [0.1, 0.15) is 18.4 Å². The van der Waals surface area contributed by atoms with Crippen molar-refractivity contribution in [1.29, 1.82) is 0 Å². The van der Waals surface area contributed by atoms with Gasteiger partial charge in [-0.25, -0.2) is 0 Å². The van der Waals surface area contributed by atoms with Gasteiger partial charge in [-0.15, -0.1) is 0 Å². The quantitative estimate of drug-likeness (QED) is 0.839. The molecule has 1 fully saturated rings. The molecule has 0 radical (unpaired) electrons. The molecule has 1 aliphatic rings. The van der Waals surface area contributed by atoms with Gasteiger partial charge in [-0.2, -0.15) is 0 Å². The van der Waals surface area contributed by atoms with Crippen LogP contribution in [-0.4, -0.2) is 49.6 Å². The standard InChI is InChI=1S/C15H22Cl2N2/c1-18-8-3-4-13(11-18)19(2)9-7-12-5-6-14(16)15(17)10-12/h5-6,10,13H,3-4,7-9,11H2,1-2H3/t13-/m0/s1. The molecular weight excluding hydrogens is 279 g/mol. The molecule has 106 valence electrons. The lowest BCUT2D eigenvalue weighted by Gasteiger charge is -2.35. The molecule has 0 unspecified atom stereocenters. The third-order valence-electron chi connectivity index (χ3n) is 3.96. The highest BCUT2D eigenvalue weighted by Gasteiger charge is 2.20. The lowest BCUT2D eigenvalue weighted by molar-refractivity contribution is 0.135. The smallest absolute Gasteiger partial charge is 0.0595 e. The van der Waals surface area contributed by atoms with Crippen molar-refractivity contribution in [3.63, 3.8) is 0 Å². The van der Waals surface area contributed by atoms with Gasteiger partial charge in [0, 0.05) is 19.1 Å². The largest absolute Gasteiger partial charge is 0.305 e. The topological polar surface area (TPSA) is 6.48 Å². The maximum absolute atomic E-state index is 6.04. The van der Waals surface area contributed by atoms with Crippen molar-refractivity contribution in [2.45, 2.75) is 25.3 Å². The van der Waals surface area contributed by atoms with E-state index >= 15 is 0 Å². The van der Waals surface area contributed by atoms with Gasteiger partial charge in [0.15, 0.2) is 0 Å². The monoisotopic (exact) mass is 300 g/mol. The maximum Gasteiger partial charge on any atom is 0.0595 e. The number of benzene rings is 1. The molecule has 1 aliphatic heterocycles. The van der Waals surface area contributed by atoms with E-state index in [1.54, 1.807) is 0 Å². The van der Waals surface area contributed by atoms with Crippen LogP contribution in [0.15, 0.2) is 18.2 Å². The summed E-state index contributed by atoms with van der Waals surface area (Å²) in [7, 11) is 4.43. The third kappa shape index (κ3) is 4.35. The molecule has 0 saturated carbocycles. The number of hydrogen-bond donors (Lipinski definition) is 0. The second-order valence-corrected chi connectivity index (χ2v) is 6.35. The predicted molar refractivity (Wildman–Crippen MR) is 83.3 cm³/mol. The normalized spacial score (nSPS) is 21.0. The molecule has 0 amide bonds. The molecule has 2 nitrogen and oxygen atoms in total. The van der Waals surface area contributed by atoms with E-state index in [0.717, 1.165) is 13.0 Å². The Balaban J connectivity index is 1.85.